The number of piperidine rings is 1. The molecule has 1 aromatic carbocycles. The van der Waals surface area contributed by atoms with Gasteiger partial charge in [-0.1, -0.05) is 12.1 Å². The van der Waals surface area contributed by atoms with E-state index >= 15 is 0 Å². The highest BCUT2D eigenvalue weighted by Gasteiger charge is 2.28. The largest absolute Gasteiger partial charge is 0.371 e. The van der Waals surface area contributed by atoms with Crippen LogP contribution in [0, 0.1) is 12.8 Å². The Morgan fingerprint density at radius 1 is 1.05 bits per heavy atom. The molecule has 37 heavy (non-hydrogen) atoms. The molecule has 0 saturated carbocycles. The van der Waals surface area contributed by atoms with E-state index in [0.29, 0.717) is 13.1 Å². The van der Waals surface area contributed by atoms with Gasteiger partial charge in [-0.05, 0) is 37.0 Å². The quantitative estimate of drug-likeness (QED) is 0.603. The second kappa shape index (κ2) is 11.1. The number of nitrogens with zero attached hydrogens (tertiary/aromatic N) is 6. The number of carbonyl (C=O) groups excluding carboxylic acids is 2. The molecule has 0 atom stereocenters. The van der Waals surface area contributed by atoms with Crippen LogP contribution >= 0.6 is 0 Å². The van der Waals surface area contributed by atoms with E-state index in [9.17, 15) is 18.0 Å². The summed E-state index contributed by atoms with van der Waals surface area (Å²) in [6.07, 6.45) is 4.23. The molecular weight excluding hydrogens is 494 g/mol. The van der Waals surface area contributed by atoms with Crippen molar-refractivity contribution in [3.05, 3.63) is 41.6 Å². The van der Waals surface area contributed by atoms with Gasteiger partial charge in [0.05, 0.1) is 6.26 Å². The van der Waals surface area contributed by atoms with Crippen molar-refractivity contribution in [2.24, 2.45) is 5.92 Å². The number of nitrogens with one attached hydrogen (secondary N) is 1. The number of hydrogen-bond donors (Lipinski definition) is 1. The summed E-state index contributed by atoms with van der Waals surface area (Å²) >= 11 is 0. The average molecular weight is 532 g/mol. The first-order valence-electron chi connectivity index (χ1n) is 12.6. The second-order valence-electron chi connectivity index (χ2n) is 10.2. The first-order chi connectivity index (χ1) is 17.5. The fourth-order valence-electron chi connectivity index (χ4n) is 4.99. The van der Waals surface area contributed by atoms with E-state index < -0.39 is 10.0 Å². The van der Waals surface area contributed by atoms with Crippen molar-refractivity contribution in [1.29, 1.82) is 0 Å². The van der Waals surface area contributed by atoms with Crippen LogP contribution in [0.4, 0.5) is 16.3 Å². The van der Waals surface area contributed by atoms with Gasteiger partial charge in [0.15, 0.2) is 5.82 Å². The molecule has 1 N–H and O–H groups in total. The normalized spacial score (nSPS) is 17.6. The topological polar surface area (TPSA) is 111 Å². The summed E-state index contributed by atoms with van der Waals surface area (Å²) in [6, 6.07) is 7.77. The Bertz CT molecular complexity index is 1230. The summed E-state index contributed by atoms with van der Waals surface area (Å²) in [5, 5.41) is 4.05. The van der Waals surface area contributed by atoms with Crippen LogP contribution in [-0.4, -0.2) is 104 Å². The van der Waals surface area contributed by atoms with Crippen molar-refractivity contribution >= 4 is 33.5 Å². The molecule has 2 saturated heterocycles. The van der Waals surface area contributed by atoms with Crippen molar-refractivity contribution in [2.75, 3.05) is 69.2 Å². The lowest BCUT2D eigenvalue weighted by molar-refractivity contribution is -0.133. The van der Waals surface area contributed by atoms with E-state index in [-0.39, 0.29) is 23.7 Å². The smallest absolute Gasteiger partial charge is 0.344 e. The number of aryl methyl sites for hydroxylation is 1. The zero-order valence-electron chi connectivity index (χ0n) is 22.1. The minimum Gasteiger partial charge on any atom is -0.371 e. The summed E-state index contributed by atoms with van der Waals surface area (Å²) in [4.78, 5) is 33.4. The first-order valence-corrected chi connectivity index (χ1v) is 14.5. The zero-order chi connectivity index (χ0) is 26.7. The van der Waals surface area contributed by atoms with Crippen LogP contribution in [0.2, 0.25) is 0 Å². The van der Waals surface area contributed by atoms with E-state index in [4.69, 9.17) is 0 Å². The molecule has 2 aromatic rings. The van der Waals surface area contributed by atoms with Gasteiger partial charge in [0, 0.05) is 83.8 Å². The molecule has 2 aliphatic heterocycles. The Hall–Kier alpha value is -3.12. The summed E-state index contributed by atoms with van der Waals surface area (Å²) in [7, 11) is 0.191. The van der Waals surface area contributed by atoms with Crippen LogP contribution in [0.15, 0.2) is 30.5 Å². The Kier molecular flexibility index (Phi) is 8.08. The predicted molar refractivity (Wildman–Crippen MR) is 143 cm³/mol. The van der Waals surface area contributed by atoms with Gasteiger partial charge in [-0.25, -0.2) is 13.2 Å². The average Bonchev–Trinajstić information content (AvgIpc) is 3.31. The van der Waals surface area contributed by atoms with Crippen LogP contribution in [0.3, 0.4) is 0 Å². The number of rotatable bonds is 6. The summed E-state index contributed by atoms with van der Waals surface area (Å²) in [5.41, 5.74) is 3.70. The van der Waals surface area contributed by atoms with Gasteiger partial charge < -0.3 is 14.7 Å². The van der Waals surface area contributed by atoms with Gasteiger partial charge in [-0.3, -0.25) is 14.4 Å². The second-order valence-corrected chi connectivity index (χ2v) is 11.9. The molecule has 1 aromatic heterocycles. The van der Waals surface area contributed by atoms with Gasteiger partial charge >= 0.3 is 6.03 Å². The molecule has 0 bridgehead atoms. The van der Waals surface area contributed by atoms with Crippen LogP contribution in [0.5, 0.6) is 0 Å². The Labute approximate surface area is 219 Å². The van der Waals surface area contributed by atoms with Crippen LogP contribution < -0.4 is 9.62 Å². The summed E-state index contributed by atoms with van der Waals surface area (Å²) < 4.78 is 26.2. The molecule has 0 aliphatic carbocycles. The van der Waals surface area contributed by atoms with Crippen molar-refractivity contribution in [1.82, 2.24) is 24.5 Å². The molecule has 2 fully saturated rings. The fraction of sp³-hybridized carbons (Fsp3) is 0.560. The van der Waals surface area contributed by atoms with Crippen molar-refractivity contribution in [2.45, 2.75) is 26.3 Å². The Morgan fingerprint density at radius 3 is 2.35 bits per heavy atom. The minimum atomic E-state index is -3.45. The molecule has 11 nitrogen and oxygen atoms in total. The number of hydrogen-bond acceptors (Lipinski definition) is 7. The Balaban J connectivity index is 1.35. The highest BCUT2D eigenvalue weighted by molar-refractivity contribution is 7.92. The third kappa shape index (κ3) is 6.80. The monoisotopic (exact) mass is 531 g/mol. The van der Waals surface area contributed by atoms with E-state index in [1.165, 1.54) is 33.8 Å². The summed E-state index contributed by atoms with van der Waals surface area (Å²) in [5.74, 6) is 0.434. The maximum absolute atomic E-state index is 12.9. The zero-order valence-corrected chi connectivity index (χ0v) is 22.9. The molecule has 0 radical (unpaired) electrons. The molecule has 0 spiro atoms. The van der Waals surface area contributed by atoms with E-state index in [2.05, 4.69) is 44.7 Å². The molecule has 202 valence electrons. The number of amides is 2. The van der Waals surface area contributed by atoms with Crippen LogP contribution in [0.1, 0.15) is 24.0 Å². The lowest BCUT2D eigenvalue weighted by atomic mass is 9.94. The van der Waals surface area contributed by atoms with Gasteiger partial charge in [-0.2, -0.15) is 4.68 Å². The molecule has 12 heteroatoms. The number of piperazine rings is 1. The van der Waals surface area contributed by atoms with Crippen molar-refractivity contribution < 1.29 is 18.0 Å². The highest BCUT2D eigenvalue weighted by atomic mass is 32.2. The number of aromatic nitrogens is 2. The number of anilines is 2. The number of carbonyl (C=O) groups is 2. The fourth-order valence-corrected chi connectivity index (χ4v) is 5.48. The van der Waals surface area contributed by atoms with E-state index in [0.717, 1.165) is 51.8 Å². The number of sulfonamides is 1. The molecule has 0 unspecified atom stereocenters. The maximum Gasteiger partial charge on any atom is 0.344 e. The van der Waals surface area contributed by atoms with Gasteiger partial charge in [0.1, 0.15) is 0 Å². The highest BCUT2D eigenvalue weighted by Crippen LogP contribution is 2.29. The molecule has 2 aliphatic rings. The number of benzene rings is 1. The molecule has 3 heterocycles. The van der Waals surface area contributed by atoms with Gasteiger partial charge in [0.2, 0.25) is 15.9 Å². The molecular formula is C25H37N7O4S. The van der Waals surface area contributed by atoms with Crippen molar-refractivity contribution in [3.63, 3.8) is 0 Å². The third-order valence-electron chi connectivity index (χ3n) is 6.98. The van der Waals surface area contributed by atoms with E-state index in [1.807, 2.05) is 14.1 Å². The molecule has 4 rings (SSSR count). The maximum atomic E-state index is 12.9. The first kappa shape index (κ1) is 26.9. The van der Waals surface area contributed by atoms with Crippen molar-refractivity contribution in [3.8, 4) is 0 Å². The predicted octanol–water partition coefficient (Wildman–Crippen LogP) is 1.65. The lowest BCUT2D eigenvalue weighted by Crippen LogP contribution is -2.49. The molecule has 2 amide bonds. The van der Waals surface area contributed by atoms with Gasteiger partial charge in [0.25, 0.3) is 0 Å². The summed E-state index contributed by atoms with van der Waals surface area (Å²) in [6.45, 7) is 7.21. The van der Waals surface area contributed by atoms with Gasteiger partial charge in [-0.15, -0.1) is 5.10 Å². The van der Waals surface area contributed by atoms with E-state index in [1.54, 1.807) is 9.80 Å². The standard InChI is InChI=1S/C25H37N7O4S/c1-19-5-6-21(22(17-19)30-10-7-20(8-11-30)24(33)28(2)3)18-29-13-15-31(16-14-29)25(34)32-12-9-23(26-32)27-37(4,35)36/h5-6,9,12,17,20H,7-8,10-11,13-16,18H2,1-4H3,(H,26,27). The van der Waals surface area contributed by atoms with Crippen LogP contribution in [0.25, 0.3) is 0 Å². The SMILES string of the molecule is Cc1ccc(CN2CCN(C(=O)n3ccc(NS(C)(=O)=O)n3)CC2)c(N2CCC(C(=O)N(C)C)CC2)c1. The minimum absolute atomic E-state index is 0.0955. The van der Waals surface area contributed by atoms with Crippen LogP contribution in [-0.2, 0) is 21.4 Å². The lowest BCUT2D eigenvalue weighted by Gasteiger charge is -2.37. The third-order valence-corrected chi connectivity index (χ3v) is 7.56. The Morgan fingerprint density at radius 2 is 1.73 bits per heavy atom.